The molecule has 138 valence electrons. The summed E-state index contributed by atoms with van der Waals surface area (Å²) < 4.78 is 42.2. The minimum atomic E-state index is -4.67. The Morgan fingerprint density at radius 1 is 1.07 bits per heavy atom. The molecule has 0 saturated heterocycles. The molecule has 10 heteroatoms. The lowest BCUT2D eigenvalue weighted by molar-refractivity contribution is -0.141. The summed E-state index contributed by atoms with van der Waals surface area (Å²) in [4.78, 5) is 33.0. The van der Waals surface area contributed by atoms with Crippen molar-refractivity contribution >= 4 is 16.7 Å². The van der Waals surface area contributed by atoms with Crippen LogP contribution in [-0.4, -0.2) is 23.5 Å². The maximum absolute atomic E-state index is 12.9. The van der Waals surface area contributed by atoms with Gasteiger partial charge in [0, 0.05) is 19.4 Å². The number of pyridine rings is 2. The summed E-state index contributed by atoms with van der Waals surface area (Å²) in [6.07, 6.45) is -1.22. The van der Waals surface area contributed by atoms with E-state index < -0.39 is 23.1 Å². The van der Waals surface area contributed by atoms with Crippen molar-refractivity contribution in [1.29, 1.82) is 0 Å². The van der Waals surface area contributed by atoms with Gasteiger partial charge in [0.25, 0.3) is 5.56 Å². The molecule has 0 aliphatic carbocycles. The van der Waals surface area contributed by atoms with E-state index in [4.69, 9.17) is 0 Å². The van der Waals surface area contributed by atoms with Crippen molar-refractivity contribution in [3.63, 3.8) is 0 Å². The molecule has 0 aliphatic heterocycles. The zero-order valence-electron chi connectivity index (χ0n) is 13.9. The van der Waals surface area contributed by atoms with Crippen LogP contribution < -0.4 is 11.2 Å². The Morgan fingerprint density at radius 3 is 2.56 bits per heavy atom. The molecule has 0 aliphatic rings. The molecule has 0 atom stereocenters. The molecule has 0 aromatic carbocycles. The Labute approximate surface area is 149 Å². The quantitative estimate of drug-likeness (QED) is 0.536. The van der Waals surface area contributed by atoms with Gasteiger partial charge in [-0.2, -0.15) is 13.2 Å². The van der Waals surface area contributed by atoms with Crippen molar-refractivity contribution in [2.45, 2.75) is 12.7 Å². The van der Waals surface area contributed by atoms with Crippen LogP contribution in [0.25, 0.3) is 16.7 Å². The molecule has 4 aromatic heterocycles. The van der Waals surface area contributed by atoms with E-state index in [9.17, 15) is 22.8 Å². The van der Waals surface area contributed by atoms with Crippen LogP contribution in [0, 0.1) is 0 Å². The second-order valence-electron chi connectivity index (χ2n) is 6.00. The highest BCUT2D eigenvalue weighted by Crippen LogP contribution is 2.28. The highest BCUT2D eigenvalue weighted by atomic mass is 19.4. The summed E-state index contributed by atoms with van der Waals surface area (Å²) in [5.41, 5.74) is -1.84. The summed E-state index contributed by atoms with van der Waals surface area (Å²) in [7, 11) is 1.28. The lowest BCUT2D eigenvalue weighted by Gasteiger charge is -2.11. The number of nitrogens with zero attached hydrogens (tertiary/aromatic N) is 5. The average Bonchev–Trinajstić information content (AvgIpc) is 3.04. The van der Waals surface area contributed by atoms with E-state index >= 15 is 0 Å². The van der Waals surface area contributed by atoms with Crippen molar-refractivity contribution in [3.8, 4) is 0 Å². The third kappa shape index (κ3) is 2.78. The minimum absolute atomic E-state index is 0.0751. The molecule has 27 heavy (non-hydrogen) atoms. The Morgan fingerprint density at radius 2 is 1.85 bits per heavy atom. The molecule has 0 radical (unpaired) electrons. The maximum Gasteiger partial charge on any atom is 0.433 e. The second-order valence-corrected chi connectivity index (χ2v) is 6.00. The van der Waals surface area contributed by atoms with Crippen molar-refractivity contribution in [2.75, 3.05) is 0 Å². The summed E-state index contributed by atoms with van der Waals surface area (Å²) in [5.74, 6) is 0. The maximum atomic E-state index is 12.9. The number of aromatic nitrogens is 5. The number of rotatable bonds is 2. The molecular formula is C17H12F3N5O2. The molecule has 0 spiro atoms. The van der Waals surface area contributed by atoms with Crippen LogP contribution in [0.15, 0.2) is 52.3 Å². The third-order valence-corrected chi connectivity index (χ3v) is 4.21. The first-order chi connectivity index (χ1) is 12.8. The molecule has 0 saturated carbocycles. The highest BCUT2D eigenvalue weighted by Gasteiger charge is 2.33. The summed E-state index contributed by atoms with van der Waals surface area (Å²) in [6.45, 7) is -0.107. The SMILES string of the molecule is Cn1c(=O)n(Cc2cn3ccccc3n2)c(=O)c2ccc(C(F)(F)F)nc21. The number of halogens is 3. The lowest BCUT2D eigenvalue weighted by atomic mass is 10.2. The summed E-state index contributed by atoms with van der Waals surface area (Å²) >= 11 is 0. The van der Waals surface area contributed by atoms with E-state index in [2.05, 4.69) is 9.97 Å². The van der Waals surface area contributed by atoms with E-state index in [-0.39, 0.29) is 17.6 Å². The van der Waals surface area contributed by atoms with Crippen molar-refractivity contribution in [2.24, 2.45) is 7.05 Å². The Kier molecular flexibility index (Phi) is 3.65. The first kappa shape index (κ1) is 17.0. The van der Waals surface area contributed by atoms with E-state index in [1.165, 1.54) is 7.05 Å². The zero-order valence-corrected chi connectivity index (χ0v) is 13.9. The van der Waals surface area contributed by atoms with Crippen LogP contribution in [0.1, 0.15) is 11.4 Å². The Balaban J connectivity index is 1.88. The van der Waals surface area contributed by atoms with E-state index in [0.717, 1.165) is 21.3 Å². The molecule has 4 rings (SSSR count). The number of alkyl halides is 3. The standard InChI is InChI=1S/C17H12F3N5O2/c1-23-14-11(5-6-12(22-14)17(18,19)20)15(26)25(16(23)27)9-10-8-24-7-3-2-4-13(24)21-10/h2-8H,9H2,1H3. The van der Waals surface area contributed by atoms with Crippen molar-refractivity contribution in [3.05, 3.63) is 75.0 Å². The molecule has 0 fully saturated rings. The zero-order chi connectivity index (χ0) is 19.3. The van der Waals surface area contributed by atoms with Crippen molar-refractivity contribution < 1.29 is 13.2 Å². The normalized spacial score (nSPS) is 12.1. The summed E-state index contributed by atoms with van der Waals surface area (Å²) in [5, 5.41) is -0.0751. The Hall–Kier alpha value is -3.43. The van der Waals surface area contributed by atoms with Gasteiger partial charge in [0.1, 0.15) is 17.0 Å². The van der Waals surface area contributed by atoms with Crippen LogP contribution in [0.2, 0.25) is 0 Å². The van der Waals surface area contributed by atoms with Crippen LogP contribution in [0.5, 0.6) is 0 Å². The van der Waals surface area contributed by atoms with Gasteiger partial charge >= 0.3 is 11.9 Å². The molecule has 0 amide bonds. The molecule has 0 unspecified atom stereocenters. The largest absolute Gasteiger partial charge is 0.433 e. The van der Waals surface area contributed by atoms with Crippen LogP contribution in [0.4, 0.5) is 13.2 Å². The van der Waals surface area contributed by atoms with Gasteiger partial charge < -0.3 is 4.40 Å². The molecule has 4 heterocycles. The van der Waals surface area contributed by atoms with Gasteiger partial charge in [-0.25, -0.2) is 14.8 Å². The van der Waals surface area contributed by atoms with Gasteiger partial charge in [-0.15, -0.1) is 0 Å². The van der Waals surface area contributed by atoms with Gasteiger partial charge in [0.2, 0.25) is 0 Å². The van der Waals surface area contributed by atoms with Gasteiger partial charge in [-0.1, -0.05) is 6.07 Å². The highest BCUT2D eigenvalue weighted by molar-refractivity contribution is 5.74. The van der Waals surface area contributed by atoms with E-state index in [1.807, 2.05) is 6.07 Å². The fraction of sp³-hybridized carbons (Fsp3) is 0.176. The smallest absolute Gasteiger partial charge is 0.307 e. The molecule has 4 aromatic rings. The second kappa shape index (κ2) is 5.79. The minimum Gasteiger partial charge on any atom is -0.307 e. The first-order valence-electron chi connectivity index (χ1n) is 7.86. The summed E-state index contributed by atoms with van der Waals surface area (Å²) in [6, 6.07) is 7.14. The fourth-order valence-electron chi connectivity index (χ4n) is 2.90. The number of imidazole rings is 1. The Bertz CT molecular complexity index is 1270. The molecular weight excluding hydrogens is 363 g/mol. The van der Waals surface area contributed by atoms with Gasteiger partial charge in [0.15, 0.2) is 0 Å². The topological polar surface area (TPSA) is 74.2 Å². The first-order valence-corrected chi connectivity index (χ1v) is 7.86. The monoisotopic (exact) mass is 375 g/mol. The molecule has 0 bridgehead atoms. The third-order valence-electron chi connectivity index (χ3n) is 4.21. The number of hydrogen-bond acceptors (Lipinski definition) is 4. The van der Waals surface area contributed by atoms with Crippen molar-refractivity contribution in [1.82, 2.24) is 23.5 Å². The number of hydrogen-bond donors (Lipinski definition) is 0. The predicted molar refractivity (Wildman–Crippen MR) is 90.5 cm³/mol. The average molecular weight is 375 g/mol. The van der Waals surface area contributed by atoms with E-state index in [1.54, 1.807) is 28.9 Å². The predicted octanol–water partition coefficient (Wildman–Crippen LogP) is 1.81. The van der Waals surface area contributed by atoms with Gasteiger partial charge in [0.05, 0.1) is 17.6 Å². The van der Waals surface area contributed by atoms with E-state index in [0.29, 0.717) is 11.3 Å². The van der Waals surface area contributed by atoms with Gasteiger partial charge in [-0.3, -0.25) is 13.9 Å². The van der Waals surface area contributed by atoms with Crippen LogP contribution in [0.3, 0.4) is 0 Å². The van der Waals surface area contributed by atoms with Crippen LogP contribution >= 0.6 is 0 Å². The van der Waals surface area contributed by atoms with Gasteiger partial charge in [-0.05, 0) is 24.3 Å². The fourth-order valence-corrected chi connectivity index (χ4v) is 2.90. The lowest BCUT2D eigenvalue weighted by Crippen LogP contribution is -2.39. The number of aryl methyl sites for hydroxylation is 1. The van der Waals surface area contributed by atoms with Crippen LogP contribution in [-0.2, 0) is 19.8 Å². The molecule has 7 nitrogen and oxygen atoms in total. The molecule has 0 N–H and O–H groups in total. The number of fused-ring (bicyclic) bond motifs is 2.